The van der Waals surface area contributed by atoms with E-state index >= 15 is 0 Å². The van der Waals surface area contributed by atoms with Crippen LogP contribution in [0.5, 0.6) is 0 Å². The largest absolute Gasteiger partial charge is 0.393 e. The molecule has 0 spiro atoms. The topological polar surface area (TPSA) is 80.9 Å². The van der Waals surface area contributed by atoms with Crippen LogP contribution in [-0.2, 0) is 0 Å². The summed E-state index contributed by atoms with van der Waals surface area (Å²) in [4.78, 5) is 0. The second kappa shape index (κ2) is 9.51. The third-order valence-electron chi connectivity index (χ3n) is 8.37. The minimum Gasteiger partial charge on any atom is -0.393 e. The van der Waals surface area contributed by atoms with Crippen LogP contribution >= 0.6 is 0 Å². The Morgan fingerprint density at radius 1 is 1.23 bits per heavy atom. The first-order chi connectivity index (χ1) is 14.4. The highest BCUT2D eigenvalue weighted by atomic mass is 16.3. The summed E-state index contributed by atoms with van der Waals surface area (Å²) >= 11 is 0. The first-order valence-electron chi connectivity index (χ1n) is 12.3. The molecule has 0 aromatic rings. The summed E-state index contributed by atoms with van der Waals surface area (Å²) in [6.07, 6.45) is 10.1. The predicted octanol–water partition coefficient (Wildman–Crippen LogP) is 4.68. The summed E-state index contributed by atoms with van der Waals surface area (Å²) in [5.74, 6) is 1.03. The van der Waals surface area contributed by atoms with Gasteiger partial charge in [0.15, 0.2) is 0 Å². The molecule has 176 valence electrons. The molecule has 0 aromatic carbocycles. The van der Waals surface area contributed by atoms with Gasteiger partial charge in [-0.25, -0.2) is 0 Å². The lowest BCUT2D eigenvalue weighted by atomic mass is 9.59. The number of fused-ring (bicyclic) bond motifs is 1. The van der Waals surface area contributed by atoms with Crippen LogP contribution in [0.25, 0.3) is 0 Å². The minimum absolute atomic E-state index is 0.0340. The van der Waals surface area contributed by atoms with Crippen molar-refractivity contribution in [3.8, 4) is 0 Å². The number of hydrogen-bond acceptors (Lipinski definition) is 4. The third kappa shape index (κ3) is 5.35. The van der Waals surface area contributed by atoms with Crippen molar-refractivity contribution in [2.75, 3.05) is 0 Å². The molecule has 0 heterocycles. The van der Waals surface area contributed by atoms with Crippen molar-refractivity contribution in [3.63, 3.8) is 0 Å². The molecule has 0 aromatic heterocycles. The minimum atomic E-state index is -0.870. The summed E-state index contributed by atoms with van der Waals surface area (Å²) < 4.78 is 0. The van der Waals surface area contributed by atoms with Gasteiger partial charge in [0.2, 0.25) is 0 Å². The molecule has 0 amide bonds. The Morgan fingerprint density at radius 3 is 2.61 bits per heavy atom. The van der Waals surface area contributed by atoms with Crippen LogP contribution in [0.1, 0.15) is 85.5 Å². The number of aliphatic hydroxyl groups excluding tert-OH is 3. The van der Waals surface area contributed by atoms with Gasteiger partial charge >= 0.3 is 0 Å². The van der Waals surface area contributed by atoms with Crippen LogP contribution in [0.3, 0.4) is 0 Å². The van der Waals surface area contributed by atoms with E-state index in [1.54, 1.807) is 0 Å². The molecule has 0 saturated heterocycles. The molecular weight excluding hydrogens is 388 g/mol. The van der Waals surface area contributed by atoms with Gasteiger partial charge in [-0.2, -0.15) is 0 Å². The normalized spacial score (nSPS) is 39.7. The number of hydrogen-bond donors (Lipinski definition) is 4. The van der Waals surface area contributed by atoms with Crippen LogP contribution in [0.4, 0.5) is 0 Å². The van der Waals surface area contributed by atoms with Crippen LogP contribution in [0.2, 0.25) is 0 Å². The van der Waals surface area contributed by atoms with Crippen molar-refractivity contribution < 1.29 is 20.4 Å². The molecule has 3 fully saturated rings. The van der Waals surface area contributed by atoms with Crippen molar-refractivity contribution in [1.29, 1.82) is 0 Å². The molecule has 3 aliphatic carbocycles. The highest BCUT2D eigenvalue weighted by molar-refractivity contribution is 5.38. The molecular formula is C27H44O4. The smallest absolute Gasteiger partial charge is 0.0811 e. The standard InChI is InChI=1S/C27H44O4/c1-17(2)13-22(29)16-27(5,31)25-11-10-23-19(7-6-12-26(23,25)4)8-9-20-14-21(28)15-24(30)18(20)3/h8-9,17,21-25,28-31H,3,6-7,10-16H2,1-2,4-5H3/b19-8+,20-9-/t21-,22?,23+,24?,25+,26+,27+/m1/s1. The van der Waals surface area contributed by atoms with E-state index < -0.39 is 23.9 Å². The second-order valence-electron chi connectivity index (χ2n) is 11.5. The first kappa shape index (κ1) is 24.7. The Bertz CT molecular complexity index is 719. The summed E-state index contributed by atoms with van der Waals surface area (Å²) in [6.45, 7) is 12.5. The number of allylic oxidation sites excluding steroid dienone is 3. The fraction of sp³-hybridized carbons (Fsp3) is 0.778. The lowest BCUT2D eigenvalue weighted by Crippen LogP contribution is -2.47. The van der Waals surface area contributed by atoms with Crippen LogP contribution in [-0.4, -0.2) is 44.3 Å². The molecule has 3 aliphatic rings. The van der Waals surface area contributed by atoms with Crippen molar-refractivity contribution in [2.24, 2.45) is 23.2 Å². The highest BCUT2D eigenvalue weighted by Crippen LogP contribution is 2.60. The van der Waals surface area contributed by atoms with Gasteiger partial charge in [-0.1, -0.05) is 45.1 Å². The Kier molecular flexibility index (Phi) is 7.57. The van der Waals surface area contributed by atoms with Crippen LogP contribution in [0, 0.1) is 23.2 Å². The van der Waals surface area contributed by atoms with E-state index in [0.29, 0.717) is 31.1 Å². The van der Waals surface area contributed by atoms with Gasteiger partial charge in [0.25, 0.3) is 0 Å². The molecule has 0 radical (unpaired) electrons. The van der Waals surface area contributed by atoms with E-state index in [1.807, 2.05) is 6.92 Å². The molecule has 4 nitrogen and oxygen atoms in total. The van der Waals surface area contributed by atoms with Gasteiger partial charge in [0.05, 0.1) is 23.9 Å². The van der Waals surface area contributed by atoms with E-state index in [1.165, 1.54) is 5.57 Å². The summed E-state index contributed by atoms with van der Waals surface area (Å²) in [7, 11) is 0. The maximum Gasteiger partial charge on any atom is 0.0811 e. The van der Waals surface area contributed by atoms with Crippen molar-refractivity contribution in [3.05, 3.63) is 35.5 Å². The molecule has 2 unspecified atom stereocenters. The number of aliphatic hydroxyl groups is 4. The zero-order valence-electron chi connectivity index (χ0n) is 20.0. The fourth-order valence-corrected chi connectivity index (χ4v) is 6.97. The van der Waals surface area contributed by atoms with Crippen molar-refractivity contribution in [1.82, 2.24) is 0 Å². The summed E-state index contributed by atoms with van der Waals surface area (Å²) in [6, 6.07) is 0. The van der Waals surface area contributed by atoms with Gasteiger partial charge in [-0.15, -0.1) is 0 Å². The SMILES string of the molecule is C=C1/C(=C\C=C2/CCC[C@@]3(C)[C@H]2CC[C@@H]3[C@@](C)(O)CC(O)CC(C)C)C[C@@H](O)CC1O. The van der Waals surface area contributed by atoms with Crippen LogP contribution in [0.15, 0.2) is 35.5 Å². The van der Waals surface area contributed by atoms with Crippen molar-refractivity contribution in [2.45, 2.75) is 109 Å². The Morgan fingerprint density at radius 2 is 1.94 bits per heavy atom. The number of rotatable bonds is 6. The van der Waals surface area contributed by atoms with Gasteiger partial charge in [-0.3, -0.25) is 0 Å². The van der Waals surface area contributed by atoms with Gasteiger partial charge < -0.3 is 20.4 Å². The zero-order valence-corrected chi connectivity index (χ0v) is 20.0. The molecule has 4 heteroatoms. The highest BCUT2D eigenvalue weighted by Gasteiger charge is 2.55. The Balaban J connectivity index is 1.78. The second-order valence-corrected chi connectivity index (χ2v) is 11.5. The molecule has 7 atom stereocenters. The Hall–Kier alpha value is -0.940. The quantitative estimate of drug-likeness (QED) is 0.491. The van der Waals surface area contributed by atoms with Crippen LogP contribution < -0.4 is 0 Å². The van der Waals surface area contributed by atoms with E-state index in [9.17, 15) is 20.4 Å². The molecule has 0 bridgehead atoms. The van der Waals surface area contributed by atoms with Gasteiger partial charge in [0, 0.05) is 12.8 Å². The van der Waals surface area contributed by atoms with Crippen molar-refractivity contribution >= 4 is 0 Å². The predicted molar refractivity (Wildman–Crippen MR) is 125 cm³/mol. The monoisotopic (exact) mass is 432 g/mol. The van der Waals surface area contributed by atoms with Gasteiger partial charge in [-0.05, 0) is 86.2 Å². The maximum absolute atomic E-state index is 11.5. The molecule has 3 saturated carbocycles. The van der Waals surface area contributed by atoms with E-state index in [4.69, 9.17) is 0 Å². The first-order valence-corrected chi connectivity index (χ1v) is 12.3. The molecule has 0 aliphatic heterocycles. The molecule has 4 N–H and O–H groups in total. The van der Waals surface area contributed by atoms with E-state index in [-0.39, 0.29) is 11.3 Å². The maximum atomic E-state index is 11.5. The Labute approximate surface area is 188 Å². The lowest BCUT2D eigenvalue weighted by Gasteiger charge is -2.47. The zero-order chi connectivity index (χ0) is 23.0. The fourth-order valence-electron chi connectivity index (χ4n) is 6.97. The average molecular weight is 433 g/mol. The average Bonchev–Trinajstić information content (AvgIpc) is 3.00. The lowest BCUT2D eigenvalue weighted by molar-refractivity contribution is -0.0867. The van der Waals surface area contributed by atoms with E-state index in [2.05, 4.69) is 39.5 Å². The van der Waals surface area contributed by atoms with E-state index in [0.717, 1.165) is 49.7 Å². The third-order valence-corrected chi connectivity index (χ3v) is 8.37. The molecule has 3 rings (SSSR count). The summed E-state index contributed by atoms with van der Waals surface area (Å²) in [5.41, 5.74) is 2.26. The van der Waals surface area contributed by atoms with Gasteiger partial charge in [0.1, 0.15) is 0 Å². The summed E-state index contributed by atoms with van der Waals surface area (Å²) in [5, 5.41) is 42.1. The molecule has 31 heavy (non-hydrogen) atoms.